The van der Waals surface area contributed by atoms with Crippen LogP contribution in [0.5, 0.6) is 5.75 Å². The molecule has 0 aliphatic rings. The Bertz CT molecular complexity index is 2090. The Hall–Kier alpha value is -4.55. The molecule has 47 heavy (non-hydrogen) atoms. The van der Waals surface area contributed by atoms with Crippen molar-refractivity contribution in [3.63, 3.8) is 0 Å². The van der Waals surface area contributed by atoms with Crippen LogP contribution >= 0.6 is 0 Å². The predicted octanol–water partition coefficient (Wildman–Crippen LogP) is 9.88. The lowest BCUT2D eigenvalue weighted by Crippen LogP contribution is -2.37. The van der Waals surface area contributed by atoms with Crippen LogP contribution < -0.4 is 5.19 Å². The standard InChI is InChI=1S/C41H46N4OSi/c1-40(2,3)30-23-32(38(46)33(24-30)41(4,5)6)39-44-37-35(45(39)7)18-19-42-36(37)29-21-27(26-14-12-11-13-15-26)20-28(22-29)34-17-16-31(25-43-34)47(8,9)10/h11-25,46H,1-10H3. The Morgan fingerprint density at radius 2 is 1.38 bits per heavy atom. The molecule has 0 radical (unpaired) electrons. The molecule has 6 heteroatoms. The summed E-state index contributed by atoms with van der Waals surface area (Å²) in [5.41, 5.74) is 10.2. The first kappa shape index (κ1) is 32.4. The molecule has 0 bridgehead atoms. The number of benzene rings is 3. The Morgan fingerprint density at radius 3 is 2.00 bits per heavy atom. The number of aromatic hydroxyl groups is 1. The van der Waals surface area contributed by atoms with Crippen molar-refractivity contribution in [1.29, 1.82) is 0 Å². The molecule has 6 rings (SSSR count). The largest absolute Gasteiger partial charge is 0.507 e. The third-order valence-corrected chi connectivity index (χ3v) is 11.1. The van der Waals surface area contributed by atoms with Crippen LogP contribution in [0.4, 0.5) is 0 Å². The Morgan fingerprint density at radius 1 is 0.702 bits per heavy atom. The van der Waals surface area contributed by atoms with Crippen LogP contribution in [0.1, 0.15) is 52.7 Å². The van der Waals surface area contributed by atoms with E-state index in [1.54, 1.807) is 0 Å². The van der Waals surface area contributed by atoms with Crippen LogP contribution in [0.2, 0.25) is 19.6 Å². The van der Waals surface area contributed by atoms with Gasteiger partial charge in [-0.05, 0) is 69.1 Å². The van der Waals surface area contributed by atoms with Crippen molar-refractivity contribution >= 4 is 24.3 Å². The van der Waals surface area contributed by atoms with E-state index in [2.05, 4.69) is 132 Å². The molecular formula is C41H46N4OSi. The van der Waals surface area contributed by atoms with Crippen LogP contribution in [0.3, 0.4) is 0 Å². The number of hydrogen-bond donors (Lipinski definition) is 1. The van der Waals surface area contributed by atoms with Gasteiger partial charge in [0.2, 0.25) is 0 Å². The van der Waals surface area contributed by atoms with E-state index in [0.717, 1.165) is 61.4 Å². The number of fused-ring (bicyclic) bond motifs is 1. The number of hydrogen-bond acceptors (Lipinski definition) is 4. The number of pyridine rings is 2. The molecule has 0 saturated heterocycles. The maximum atomic E-state index is 11.7. The normalized spacial score (nSPS) is 12.6. The van der Waals surface area contributed by atoms with E-state index < -0.39 is 8.07 Å². The van der Waals surface area contributed by atoms with Gasteiger partial charge >= 0.3 is 0 Å². The number of phenols is 1. The lowest BCUT2D eigenvalue weighted by molar-refractivity contribution is 0.446. The van der Waals surface area contributed by atoms with E-state index >= 15 is 0 Å². The summed E-state index contributed by atoms with van der Waals surface area (Å²) in [5.74, 6) is 0.992. The number of aromatic nitrogens is 4. The number of phenolic OH excluding ortho intramolecular Hbond substituents is 1. The fourth-order valence-electron chi connectivity index (χ4n) is 6.10. The molecule has 3 heterocycles. The monoisotopic (exact) mass is 638 g/mol. The van der Waals surface area contributed by atoms with Crippen molar-refractivity contribution in [1.82, 2.24) is 19.5 Å². The van der Waals surface area contributed by atoms with E-state index in [1.165, 1.54) is 5.19 Å². The van der Waals surface area contributed by atoms with Gasteiger partial charge < -0.3 is 9.67 Å². The van der Waals surface area contributed by atoms with Gasteiger partial charge in [0.25, 0.3) is 0 Å². The van der Waals surface area contributed by atoms with E-state index in [0.29, 0.717) is 5.82 Å². The molecule has 6 aromatic rings. The summed E-state index contributed by atoms with van der Waals surface area (Å²) >= 11 is 0. The minimum Gasteiger partial charge on any atom is -0.507 e. The zero-order valence-corrected chi connectivity index (χ0v) is 30.4. The molecule has 0 aliphatic carbocycles. The molecule has 1 N–H and O–H groups in total. The van der Waals surface area contributed by atoms with Gasteiger partial charge in [0, 0.05) is 36.1 Å². The lowest BCUT2D eigenvalue weighted by atomic mass is 9.79. The van der Waals surface area contributed by atoms with Gasteiger partial charge in [0.15, 0.2) is 0 Å². The Labute approximate surface area is 280 Å². The van der Waals surface area contributed by atoms with E-state index in [9.17, 15) is 5.11 Å². The minimum atomic E-state index is -1.48. The highest BCUT2D eigenvalue weighted by atomic mass is 28.3. The first-order chi connectivity index (χ1) is 22.0. The molecule has 3 aromatic heterocycles. The quantitative estimate of drug-likeness (QED) is 0.191. The lowest BCUT2D eigenvalue weighted by Gasteiger charge is -2.27. The second kappa shape index (κ2) is 11.6. The molecule has 0 atom stereocenters. The van der Waals surface area contributed by atoms with Crippen LogP contribution in [0.25, 0.3) is 56.1 Å². The van der Waals surface area contributed by atoms with Gasteiger partial charge in [-0.25, -0.2) is 4.98 Å². The molecule has 0 fully saturated rings. The van der Waals surface area contributed by atoms with Crippen molar-refractivity contribution in [3.8, 4) is 50.8 Å². The predicted molar refractivity (Wildman–Crippen MR) is 200 cm³/mol. The van der Waals surface area contributed by atoms with Crippen LogP contribution in [-0.4, -0.2) is 32.7 Å². The fourth-order valence-corrected chi connectivity index (χ4v) is 7.13. The first-order valence-electron chi connectivity index (χ1n) is 16.4. The molecule has 3 aromatic carbocycles. The fraction of sp³-hybridized carbons (Fsp3) is 0.293. The average Bonchev–Trinajstić information content (AvgIpc) is 3.36. The summed E-state index contributed by atoms with van der Waals surface area (Å²) in [5, 5.41) is 13.1. The summed E-state index contributed by atoms with van der Waals surface area (Å²) in [7, 11) is 0.539. The molecular weight excluding hydrogens is 593 g/mol. The van der Waals surface area contributed by atoms with Crippen LogP contribution in [0.15, 0.2) is 91.3 Å². The SMILES string of the molecule is Cn1c(-c2cc(C(C)(C)C)cc(C(C)(C)C)c2O)nc2c(-c3cc(-c4ccccc4)cc(-c4ccc([Si](C)(C)C)cn4)c3)nccc21. The second-order valence-corrected chi connectivity index (χ2v) is 20.9. The molecule has 0 saturated carbocycles. The van der Waals surface area contributed by atoms with Gasteiger partial charge in [-0.1, -0.05) is 104 Å². The summed E-state index contributed by atoms with van der Waals surface area (Å²) in [4.78, 5) is 15.1. The molecule has 0 unspecified atom stereocenters. The van der Waals surface area contributed by atoms with Crippen molar-refractivity contribution < 1.29 is 5.11 Å². The molecule has 5 nitrogen and oxygen atoms in total. The van der Waals surface area contributed by atoms with Crippen molar-refractivity contribution in [2.24, 2.45) is 7.05 Å². The number of nitrogens with zero attached hydrogens (tertiary/aromatic N) is 4. The average molecular weight is 639 g/mol. The number of imidazole rings is 1. The van der Waals surface area contributed by atoms with E-state index in [-0.39, 0.29) is 16.6 Å². The molecule has 240 valence electrons. The topological polar surface area (TPSA) is 63.8 Å². The Kier molecular flexibility index (Phi) is 8.00. The summed E-state index contributed by atoms with van der Waals surface area (Å²) in [6.45, 7) is 20.1. The maximum Gasteiger partial charge on any atom is 0.144 e. The minimum absolute atomic E-state index is 0.102. The highest BCUT2D eigenvalue weighted by Crippen LogP contribution is 2.43. The van der Waals surface area contributed by atoms with Gasteiger partial charge in [0.05, 0.1) is 30.5 Å². The summed E-state index contributed by atoms with van der Waals surface area (Å²) in [6, 6.07) is 27.7. The van der Waals surface area contributed by atoms with Crippen molar-refractivity contribution in [3.05, 3.63) is 102 Å². The highest BCUT2D eigenvalue weighted by Gasteiger charge is 2.28. The van der Waals surface area contributed by atoms with Crippen molar-refractivity contribution in [2.75, 3.05) is 0 Å². The maximum absolute atomic E-state index is 11.7. The second-order valence-electron chi connectivity index (χ2n) is 15.8. The van der Waals surface area contributed by atoms with Gasteiger partial charge in [-0.15, -0.1) is 0 Å². The zero-order chi connectivity index (χ0) is 33.9. The molecule has 0 amide bonds. The zero-order valence-electron chi connectivity index (χ0n) is 29.4. The summed E-state index contributed by atoms with van der Waals surface area (Å²) < 4.78 is 2.08. The molecule has 0 spiro atoms. The summed E-state index contributed by atoms with van der Waals surface area (Å²) in [6.07, 6.45) is 3.90. The first-order valence-corrected chi connectivity index (χ1v) is 19.9. The number of aryl methyl sites for hydroxylation is 1. The third kappa shape index (κ3) is 6.27. The van der Waals surface area contributed by atoms with Gasteiger partial charge in [-0.2, -0.15) is 0 Å². The van der Waals surface area contributed by atoms with Gasteiger partial charge in [-0.3, -0.25) is 9.97 Å². The van der Waals surface area contributed by atoms with Crippen molar-refractivity contribution in [2.45, 2.75) is 72.0 Å². The third-order valence-electron chi connectivity index (χ3n) is 9.06. The van der Waals surface area contributed by atoms with E-state index in [1.807, 2.05) is 31.6 Å². The smallest absolute Gasteiger partial charge is 0.144 e. The number of rotatable bonds is 5. The molecule has 0 aliphatic heterocycles. The van der Waals surface area contributed by atoms with Crippen LogP contribution in [-0.2, 0) is 17.9 Å². The van der Waals surface area contributed by atoms with Gasteiger partial charge in [0.1, 0.15) is 17.1 Å². The van der Waals surface area contributed by atoms with E-state index in [4.69, 9.17) is 15.0 Å². The Balaban J connectivity index is 1.58. The van der Waals surface area contributed by atoms with Crippen LogP contribution in [0, 0.1) is 0 Å². The highest BCUT2D eigenvalue weighted by molar-refractivity contribution is 6.88.